The van der Waals surface area contributed by atoms with Crippen molar-refractivity contribution in [1.82, 2.24) is 14.7 Å². The quantitative estimate of drug-likeness (QED) is 0.177. The second kappa shape index (κ2) is 10.9. The van der Waals surface area contributed by atoms with E-state index in [0.717, 1.165) is 22.4 Å². The van der Waals surface area contributed by atoms with Gasteiger partial charge in [-0.2, -0.15) is 5.10 Å². The first-order valence-electron chi connectivity index (χ1n) is 11.9. The van der Waals surface area contributed by atoms with E-state index >= 15 is 0 Å². The van der Waals surface area contributed by atoms with Crippen LogP contribution in [-0.2, 0) is 4.79 Å². The van der Waals surface area contributed by atoms with Crippen LogP contribution < -0.4 is 4.74 Å². The monoisotopic (exact) mass is 545 g/mol. The highest BCUT2D eigenvalue weighted by Gasteiger charge is 2.36. The summed E-state index contributed by atoms with van der Waals surface area (Å²) < 4.78 is 7.94. The van der Waals surface area contributed by atoms with Gasteiger partial charge in [-0.05, 0) is 55.8 Å². The molecular weight excluding hydrogens is 522 g/mol. The number of para-hydroxylation sites is 1. The third-order valence-electron chi connectivity index (χ3n) is 6.05. The minimum absolute atomic E-state index is 0.116. The van der Waals surface area contributed by atoms with Gasteiger partial charge in [0.25, 0.3) is 5.91 Å². The van der Waals surface area contributed by atoms with Crippen LogP contribution in [0.4, 0.5) is 0 Å². The molecule has 4 aromatic rings. The molecule has 0 spiro atoms. The van der Waals surface area contributed by atoms with E-state index in [4.69, 9.17) is 33.7 Å². The summed E-state index contributed by atoms with van der Waals surface area (Å²) in [6.07, 6.45) is 3.78. The number of carbonyl (C=O) groups is 1. The Morgan fingerprint density at radius 1 is 1.08 bits per heavy atom. The molecule has 37 heavy (non-hydrogen) atoms. The normalized spacial score (nSPS) is 15.4. The standard InChI is InChI=1S/C29H24ClN3O2S2/c1-3-35-25-15-14-21(16-24(25)30)27-22(18-32(31-27)23-12-8-5-9-13-23)17-26-28(34)33(29(36)37-26)19(2)20-10-6-4-7-11-20/h4-19H,3H2,1-2H3. The van der Waals surface area contributed by atoms with E-state index in [2.05, 4.69) is 0 Å². The van der Waals surface area contributed by atoms with E-state index in [1.165, 1.54) is 11.8 Å². The largest absolute Gasteiger partial charge is 0.492 e. The Balaban J connectivity index is 1.55. The van der Waals surface area contributed by atoms with E-state index in [9.17, 15) is 4.79 Å². The molecule has 1 atom stereocenters. The Kier molecular flexibility index (Phi) is 7.46. The van der Waals surface area contributed by atoms with Crippen LogP contribution in [0.2, 0.25) is 5.02 Å². The summed E-state index contributed by atoms with van der Waals surface area (Å²) in [5, 5.41) is 5.36. The molecule has 0 bridgehead atoms. The molecule has 0 aliphatic carbocycles. The Labute approximate surface area is 230 Å². The minimum Gasteiger partial charge on any atom is -0.492 e. The zero-order valence-corrected chi connectivity index (χ0v) is 22.7. The second-order valence-corrected chi connectivity index (χ2v) is 10.5. The summed E-state index contributed by atoms with van der Waals surface area (Å²) in [6.45, 7) is 4.43. The van der Waals surface area contributed by atoms with Crippen LogP contribution in [-0.4, -0.2) is 31.5 Å². The van der Waals surface area contributed by atoms with Crippen LogP contribution in [0.15, 0.2) is 90.0 Å². The third kappa shape index (κ3) is 5.21. The van der Waals surface area contributed by atoms with Gasteiger partial charge >= 0.3 is 0 Å². The Bertz CT molecular complexity index is 1490. The number of thiocarbonyl (C=S) groups is 1. The lowest BCUT2D eigenvalue weighted by Crippen LogP contribution is -2.30. The number of thioether (sulfide) groups is 1. The molecule has 1 fully saturated rings. The predicted octanol–water partition coefficient (Wildman–Crippen LogP) is 7.55. The summed E-state index contributed by atoms with van der Waals surface area (Å²) in [6, 6.07) is 25.2. The van der Waals surface area contributed by atoms with Crippen molar-refractivity contribution in [3.05, 3.63) is 106 Å². The second-order valence-electron chi connectivity index (χ2n) is 8.43. The van der Waals surface area contributed by atoms with Crippen LogP contribution in [0.5, 0.6) is 5.75 Å². The van der Waals surface area contributed by atoms with Gasteiger partial charge in [-0.15, -0.1) is 0 Å². The van der Waals surface area contributed by atoms with Crippen molar-refractivity contribution in [2.24, 2.45) is 0 Å². The summed E-state index contributed by atoms with van der Waals surface area (Å²) in [4.78, 5) is 15.7. The maximum absolute atomic E-state index is 13.5. The summed E-state index contributed by atoms with van der Waals surface area (Å²) in [5.41, 5.74) is 4.25. The van der Waals surface area contributed by atoms with E-state index in [-0.39, 0.29) is 11.9 Å². The first-order chi connectivity index (χ1) is 18.0. The van der Waals surface area contributed by atoms with Gasteiger partial charge in [0, 0.05) is 17.3 Å². The van der Waals surface area contributed by atoms with Gasteiger partial charge in [0.05, 0.1) is 28.3 Å². The molecule has 3 aromatic carbocycles. The topological polar surface area (TPSA) is 47.4 Å². The molecule has 2 heterocycles. The van der Waals surface area contributed by atoms with Crippen LogP contribution in [0.3, 0.4) is 0 Å². The van der Waals surface area contributed by atoms with Crippen molar-refractivity contribution in [1.29, 1.82) is 0 Å². The lowest BCUT2D eigenvalue weighted by atomic mass is 10.1. The average molecular weight is 546 g/mol. The first kappa shape index (κ1) is 25.3. The zero-order valence-electron chi connectivity index (χ0n) is 20.3. The minimum atomic E-state index is -0.170. The van der Waals surface area contributed by atoms with Crippen molar-refractivity contribution in [2.75, 3.05) is 6.61 Å². The molecule has 1 unspecified atom stereocenters. The van der Waals surface area contributed by atoms with Gasteiger partial charge < -0.3 is 4.74 Å². The number of rotatable bonds is 7. The number of hydrogen-bond acceptors (Lipinski definition) is 5. The van der Waals surface area contributed by atoms with Gasteiger partial charge in [0.1, 0.15) is 15.8 Å². The molecule has 1 aliphatic heterocycles. The highest BCUT2D eigenvalue weighted by Crippen LogP contribution is 2.39. The maximum Gasteiger partial charge on any atom is 0.266 e. The highest BCUT2D eigenvalue weighted by molar-refractivity contribution is 8.26. The summed E-state index contributed by atoms with van der Waals surface area (Å²) >= 11 is 13.4. The fourth-order valence-electron chi connectivity index (χ4n) is 4.19. The van der Waals surface area contributed by atoms with Gasteiger partial charge in [-0.1, -0.05) is 84.1 Å². The average Bonchev–Trinajstić information content (AvgIpc) is 3.46. The smallest absolute Gasteiger partial charge is 0.266 e. The number of amides is 1. The Morgan fingerprint density at radius 3 is 2.46 bits per heavy atom. The molecule has 0 saturated carbocycles. The van der Waals surface area contributed by atoms with Crippen molar-refractivity contribution in [3.8, 4) is 22.7 Å². The molecule has 1 saturated heterocycles. The summed E-state index contributed by atoms with van der Waals surface area (Å²) in [7, 11) is 0. The van der Waals surface area contributed by atoms with Crippen LogP contribution >= 0.6 is 35.6 Å². The zero-order chi connectivity index (χ0) is 25.9. The molecular formula is C29H24ClN3O2S2. The molecule has 0 N–H and O–H groups in total. The van der Waals surface area contributed by atoms with Gasteiger partial charge in [-0.3, -0.25) is 9.69 Å². The maximum atomic E-state index is 13.5. The van der Waals surface area contributed by atoms with Crippen LogP contribution in [0.25, 0.3) is 23.0 Å². The predicted molar refractivity (Wildman–Crippen MR) is 155 cm³/mol. The molecule has 0 radical (unpaired) electrons. The van der Waals surface area contributed by atoms with Crippen LogP contribution in [0.1, 0.15) is 31.0 Å². The number of aromatic nitrogens is 2. The van der Waals surface area contributed by atoms with Crippen molar-refractivity contribution < 1.29 is 9.53 Å². The number of benzene rings is 3. The fourth-order valence-corrected chi connectivity index (χ4v) is 5.83. The van der Waals surface area contributed by atoms with E-state index in [0.29, 0.717) is 32.3 Å². The molecule has 1 aromatic heterocycles. The molecule has 5 rings (SSSR count). The highest BCUT2D eigenvalue weighted by atomic mass is 35.5. The number of hydrogen-bond donors (Lipinski definition) is 0. The third-order valence-corrected chi connectivity index (χ3v) is 7.67. The lowest BCUT2D eigenvalue weighted by molar-refractivity contribution is -0.123. The van der Waals surface area contributed by atoms with Gasteiger partial charge in [-0.25, -0.2) is 4.68 Å². The number of ether oxygens (including phenoxy) is 1. The van der Waals surface area contributed by atoms with Gasteiger partial charge in [0.15, 0.2) is 0 Å². The molecule has 5 nitrogen and oxygen atoms in total. The van der Waals surface area contributed by atoms with E-state index in [1.54, 1.807) is 9.58 Å². The molecule has 186 valence electrons. The van der Waals surface area contributed by atoms with Crippen molar-refractivity contribution >= 4 is 51.9 Å². The number of halogens is 1. The molecule has 8 heteroatoms. The Morgan fingerprint density at radius 2 is 1.78 bits per heavy atom. The van der Waals surface area contributed by atoms with E-state index in [1.807, 2.05) is 105 Å². The van der Waals surface area contributed by atoms with Crippen LogP contribution in [0, 0.1) is 0 Å². The molecule has 1 aliphatic rings. The van der Waals surface area contributed by atoms with E-state index < -0.39 is 0 Å². The fraction of sp³-hybridized carbons (Fsp3) is 0.138. The SMILES string of the molecule is CCOc1ccc(-c2nn(-c3ccccc3)cc2C=C2SC(=S)N(C(C)c3ccccc3)C2=O)cc1Cl. The van der Waals surface area contributed by atoms with Crippen molar-refractivity contribution in [2.45, 2.75) is 19.9 Å². The summed E-state index contributed by atoms with van der Waals surface area (Å²) in [5.74, 6) is 0.502. The lowest BCUT2D eigenvalue weighted by Gasteiger charge is -2.23. The van der Waals surface area contributed by atoms with Crippen molar-refractivity contribution in [3.63, 3.8) is 0 Å². The molecule has 1 amide bonds. The number of carbonyl (C=O) groups excluding carboxylic acids is 1. The Hall–Kier alpha value is -3.39. The van der Waals surface area contributed by atoms with Gasteiger partial charge in [0.2, 0.25) is 0 Å². The number of nitrogens with zero attached hydrogens (tertiary/aromatic N) is 3. The first-order valence-corrected chi connectivity index (χ1v) is 13.5.